The van der Waals surface area contributed by atoms with Crippen LogP contribution in [0.2, 0.25) is 0 Å². The molecule has 1 aliphatic rings. The number of carbonyl (C=O) groups excluding carboxylic acids is 1. The van der Waals surface area contributed by atoms with E-state index in [0.29, 0.717) is 12.1 Å². The van der Waals surface area contributed by atoms with E-state index in [2.05, 4.69) is 15.6 Å². The summed E-state index contributed by atoms with van der Waals surface area (Å²) in [6, 6.07) is 15.5. The fourth-order valence-electron chi connectivity index (χ4n) is 2.73. The first-order valence-corrected chi connectivity index (χ1v) is 7.23. The minimum Gasteiger partial charge on any atom is -0.380 e. The molecular weight excluding hydrogens is 276 g/mol. The lowest BCUT2D eigenvalue weighted by Gasteiger charge is -2.34. The fraction of sp³-hybridized carbons (Fsp3) is 0.235. The molecule has 1 amide bonds. The Morgan fingerprint density at radius 3 is 2.86 bits per heavy atom. The van der Waals surface area contributed by atoms with Gasteiger partial charge in [0.15, 0.2) is 0 Å². The minimum atomic E-state index is -0.0823. The van der Waals surface area contributed by atoms with Gasteiger partial charge in [0.2, 0.25) is 5.91 Å². The monoisotopic (exact) mass is 292 g/mol. The number of hydrogen-bond acceptors (Lipinski definition) is 4. The molecule has 2 atom stereocenters. The van der Waals surface area contributed by atoms with Crippen molar-refractivity contribution in [3.05, 3.63) is 59.9 Å². The Kier molecular flexibility index (Phi) is 4.01. The average molecular weight is 292 g/mol. The fourth-order valence-corrected chi connectivity index (χ4v) is 2.73. The van der Waals surface area contributed by atoms with Crippen LogP contribution in [0.15, 0.2) is 48.7 Å². The Bertz CT molecular complexity index is 708. The highest BCUT2D eigenvalue weighted by Crippen LogP contribution is 2.27. The number of pyridine rings is 1. The Balaban J connectivity index is 1.83. The van der Waals surface area contributed by atoms with Crippen molar-refractivity contribution < 1.29 is 4.79 Å². The van der Waals surface area contributed by atoms with Crippen molar-refractivity contribution >= 4 is 11.6 Å². The van der Waals surface area contributed by atoms with Gasteiger partial charge in [-0.2, -0.15) is 5.26 Å². The zero-order chi connectivity index (χ0) is 15.4. The summed E-state index contributed by atoms with van der Waals surface area (Å²) in [6.07, 6.45) is 2.85. The number of rotatable bonds is 3. The third-order valence-corrected chi connectivity index (χ3v) is 3.79. The molecule has 0 radical (unpaired) electrons. The molecule has 110 valence electrons. The predicted octanol–water partition coefficient (Wildman–Crippen LogP) is 2.39. The van der Waals surface area contributed by atoms with Gasteiger partial charge in [0.25, 0.3) is 0 Å². The molecule has 2 aromatic rings. The highest BCUT2D eigenvalue weighted by atomic mass is 16.1. The van der Waals surface area contributed by atoms with E-state index in [0.717, 1.165) is 17.7 Å². The van der Waals surface area contributed by atoms with E-state index >= 15 is 0 Å². The zero-order valence-electron chi connectivity index (χ0n) is 12.0. The van der Waals surface area contributed by atoms with E-state index in [-0.39, 0.29) is 18.0 Å². The van der Waals surface area contributed by atoms with E-state index in [1.54, 1.807) is 12.3 Å². The highest BCUT2D eigenvalue weighted by molar-refractivity contribution is 5.78. The third kappa shape index (κ3) is 3.07. The maximum absolute atomic E-state index is 11.8. The quantitative estimate of drug-likeness (QED) is 0.910. The summed E-state index contributed by atoms with van der Waals surface area (Å²) in [4.78, 5) is 15.7. The molecule has 5 nitrogen and oxygen atoms in total. The van der Waals surface area contributed by atoms with Crippen LogP contribution in [0.25, 0.3) is 0 Å². The second-order valence-electron chi connectivity index (χ2n) is 5.29. The number of carbonyl (C=O) groups is 1. The normalized spacial score (nSPS) is 20.8. The molecule has 0 unspecified atom stereocenters. The van der Waals surface area contributed by atoms with E-state index in [4.69, 9.17) is 5.26 Å². The van der Waals surface area contributed by atoms with Crippen LogP contribution in [-0.4, -0.2) is 16.9 Å². The molecule has 1 aromatic heterocycles. The number of anilines is 1. The van der Waals surface area contributed by atoms with Gasteiger partial charge in [-0.1, -0.05) is 30.3 Å². The maximum Gasteiger partial charge on any atom is 0.220 e. The van der Waals surface area contributed by atoms with Crippen molar-refractivity contribution in [3.63, 3.8) is 0 Å². The van der Waals surface area contributed by atoms with Crippen LogP contribution >= 0.6 is 0 Å². The summed E-state index contributed by atoms with van der Waals surface area (Å²) in [7, 11) is 0. The van der Waals surface area contributed by atoms with E-state index in [1.807, 2.05) is 42.5 Å². The number of nitrogens with one attached hydrogen (secondary N) is 2. The molecule has 1 fully saturated rings. The van der Waals surface area contributed by atoms with Crippen LogP contribution in [-0.2, 0) is 4.79 Å². The number of nitrogens with zero attached hydrogens (tertiary/aromatic N) is 2. The first-order valence-electron chi connectivity index (χ1n) is 7.23. The molecule has 2 heterocycles. The van der Waals surface area contributed by atoms with Crippen LogP contribution in [0.3, 0.4) is 0 Å². The molecule has 0 saturated carbocycles. The van der Waals surface area contributed by atoms with Crippen LogP contribution in [0, 0.1) is 11.3 Å². The minimum absolute atomic E-state index is 0.0688. The summed E-state index contributed by atoms with van der Waals surface area (Å²) in [5.74, 6) is 0.0688. The molecule has 0 bridgehead atoms. The topological polar surface area (TPSA) is 77.8 Å². The molecular formula is C17H16N4O. The third-order valence-electron chi connectivity index (χ3n) is 3.79. The Hall–Kier alpha value is -2.87. The van der Waals surface area contributed by atoms with Gasteiger partial charge in [-0.05, 0) is 24.1 Å². The first kappa shape index (κ1) is 14.1. The van der Waals surface area contributed by atoms with Crippen molar-refractivity contribution in [2.75, 3.05) is 5.32 Å². The molecule has 1 aliphatic heterocycles. The Morgan fingerprint density at radius 2 is 2.09 bits per heavy atom. The molecule has 5 heteroatoms. The lowest BCUT2D eigenvalue weighted by atomic mass is 9.92. The summed E-state index contributed by atoms with van der Waals surface area (Å²) in [6.45, 7) is 0. The van der Waals surface area contributed by atoms with Crippen LogP contribution in [0.1, 0.15) is 30.1 Å². The number of piperidine rings is 1. The summed E-state index contributed by atoms with van der Waals surface area (Å²) in [5.41, 5.74) is 2.29. The number of nitriles is 1. The van der Waals surface area contributed by atoms with E-state index in [1.165, 1.54) is 0 Å². The maximum atomic E-state index is 11.8. The number of hydrogen-bond donors (Lipinski definition) is 2. The van der Waals surface area contributed by atoms with Gasteiger partial charge in [0.1, 0.15) is 11.8 Å². The summed E-state index contributed by atoms with van der Waals surface area (Å²) in [5, 5.41) is 15.4. The van der Waals surface area contributed by atoms with Gasteiger partial charge in [0.05, 0.1) is 12.1 Å². The van der Waals surface area contributed by atoms with Crippen LogP contribution in [0.4, 0.5) is 5.69 Å². The summed E-state index contributed by atoms with van der Waals surface area (Å²) < 4.78 is 0. The largest absolute Gasteiger partial charge is 0.380 e. The lowest BCUT2D eigenvalue weighted by molar-refractivity contribution is -0.123. The second kappa shape index (κ2) is 6.27. The van der Waals surface area contributed by atoms with Gasteiger partial charge in [-0.3, -0.25) is 4.79 Å². The average Bonchev–Trinajstić information content (AvgIpc) is 2.57. The predicted molar refractivity (Wildman–Crippen MR) is 82.9 cm³/mol. The molecule has 0 spiro atoms. The van der Waals surface area contributed by atoms with Crippen LogP contribution < -0.4 is 10.6 Å². The molecule has 1 aromatic carbocycles. The van der Waals surface area contributed by atoms with Crippen molar-refractivity contribution in [3.8, 4) is 6.07 Å². The zero-order valence-corrected chi connectivity index (χ0v) is 12.0. The Labute approximate surface area is 129 Å². The Morgan fingerprint density at radius 1 is 1.27 bits per heavy atom. The molecule has 0 aliphatic carbocycles. The van der Waals surface area contributed by atoms with Crippen molar-refractivity contribution in [2.24, 2.45) is 0 Å². The molecule has 3 rings (SSSR count). The van der Waals surface area contributed by atoms with Gasteiger partial charge in [-0.15, -0.1) is 0 Å². The highest BCUT2D eigenvalue weighted by Gasteiger charge is 2.29. The molecule has 2 N–H and O–H groups in total. The van der Waals surface area contributed by atoms with E-state index in [9.17, 15) is 4.79 Å². The SMILES string of the molecule is N#Cc1cc(N[C@@H]2CCC(=O)N[C@H]2c2ccccc2)ccn1. The number of benzene rings is 1. The lowest BCUT2D eigenvalue weighted by Crippen LogP contribution is -2.45. The second-order valence-corrected chi connectivity index (χ2v) is 5.29. The van der Waals surface area contributed by atoms with Gasteiger partial charge < -0.3 is 10.6 Å². The van der Waals surface area contributed by atoms with Gasteiger partial charge in [0, 0.05) is 18.3 Å². The van der Waals surface area contributed by atoms with Gasteiger partial charge >= 0.3 is 0 Å². The van der Waals surface area contributed by atoms with E-state index < -0.39 is 0 Å². The number of aromatic nitrogens is 1. The van der Waals surface area contributed by atoms with Gasteiger partial charge in [-0.25, -0.2) is 4.98 Å². The van der Waals surface area contributed by atoms with Crippen molar-refractivity contribution in [1.29, 1.82) is 5.26 Å². The standard InChI is InChI=1S/C17H16N4O/c18-11-14-10-13(8-9-19-14)20-15-6-7-16(22)21-17(15)12-4-2-1-3-5-12/h1-5,8-10,15,17H,6-7H2,(H,19,20)(H,21,22)/t15-,17+/m1/s1. The number of amides is 1. The molecule has 22 heavy (non-hydrogen) atoms. The van der Waals surface area contributed by atoms with Crippen molar-refractivity contribution in [1.82, 2.24) is 10.3 Å². The summed E-state index contributed by atoms with van der Waals surface area (Å²) >= 11 is 0. The first-order chi connectivity index (χ1) is 10.8. The van der Waals surface area contributed by atoms with Crippen LogP contribution in [0.5, 0.6) is 0 Å². The smallest absolute Gasteiger partial charge is 0.220 e. The molecule has 1 saturated heterocycles. The van der Waals surface area contributed by atoms with Crippen molar-refractivity contribution in [2.45, 2.75) is 24.9 Å².